The standard InChI is InChI=1S/C14H20N2.ClH/c1-9-6-10(2)8-14(5,7-9)13-15-11(3)12(4)16-13;/h6-7H,8H2,1-5H3,(H,15,16);1H. The zero-order valence-corrected chi connectivity index (χ0v) is 12.0. The lowest BCUT2D eigenvalue weighted by molar-refractivity contribution is 0.541. The molecule has 1 atom stereocenters. The molecule has 2 nitrogen and oxygen atoms in total. The highest BCUT2D eigenvalue weighted by Gasteiger charge is 2.30. The molecule has 0 amide bonds. The van der Waals surface area contributed by atoms with Crippen molar-refractivity contribution in [1.29, 1.82) is 0 Å². The predicted molar refractivity (Wildman–Crippen MR) is 74.8 cm³/mol. The van der Waals surface area contributed by atoms with E-state index in [1.54, 1.807) is 0 Å². The Morgan fingerprint density at radius 3 is 2.35 bits per heavy atom. The number of H-pyrrole nitrogens is 1. The molecule has 1 N–H and O–H groups in total. The van der Waals surface area contributed by atoms with E-state index in [1.807, 2.05) is 0 Å². The van der Waals surface area contributed by atoms with Crippen LogP contribution in [0.15, 0.2) is 23.3 Å². The Balaban J connectivity index is 0.00000144. The molecule has 17 heavy (non-hydrogen) atoms. The molecule has 0 fully saturated rings. The van der Waals surface area contributed by atoms with Gasteiger partial charge in [0.15, 0.2) is 0 Å². The lowest BCUT2D eigenvalue weighted by Crippen LogP contribution is -2.24. The number of aromatic amines is 1. The fraction of sp³-hybridized carbons (Fsp3) is 0.500. The number of hydrogen-bond acceptors (Lipinski definition) is 1. The number of nitrogens with one attached hydrogen (secondary N) is 1. The highest BCUT2D eigenvalue weighted by molar-refractivity contribution is 5.85. The molecule has 1 aromatic rings. The van der Waals surface area contributed by atoms with E-state index in [2.05, 4.69) is 56.7 Å². The number of nitrogens with zero attached hydrogens (tertiary/aromatic N) is 1. The maximum atomic E-state index is 4.65. The molecule has 1 aromatic heterocycles. The second kappa shape index (κ2) is 4.69. The van der Waals surface area contributed by atoms with Crippen LogP contribution < -0.4 is 0 Å². The number of aryl methyl sites for hydroxylation is 2. The van der Waals surface area contributed by atoms with Crippen molar-refractivity contribution in [2.75, 3.05) is 0 Å². The molecule has 0 bridgehead atoms. The molecule has 0 radical (unpaired) electrons. The van der Waals surface area contributed by atoms with Gasteiger partial charge in [0.25, 0.3) is 0 Å². The molecule has 0 aromatic carbocycles. The third-order valence-corrected chi connectivity index (χ3v) is 3.34. The molecule has 0 spiro atoms. The summed E-state index contributed by atoms with van der Waals surface area (Å²) in [5.41, 5.74) is 5.07. The van der Waals surface area contributed by atoms with Crippen LogP contribution in [0.3, 0.4) is 0 Å². The summed E-state index contributed by atoms with van der Waals surface area (Å²) < 4.78 is 0. The fourth-order valence-electron chi connectivity index (χ4n) is 2.58. The van der Waals surface area contributed by atoms with Gasteiger partial charge in [0.1, 0.15) is 5.82 Å². The van der Waals surface area contributed by atoms with Crippen molar-refractivity contribution in [3.05, 3.63) is 40.5 Å². The molecular formula is C14H21ClN2. The monoisotopic (exact) mass is 252 g/mol. The maximum Gasteiger partial charge on any atom is 0.116 e. The minimum absolute atomic E-state index is 0. The first-order valence-electron chi connectivity index (χ1n) is 5.81. The van der Waals surface area contributed by atoms with E-state index in [4.69, 9.17) is 0 Å². The van der Waals surface area contributed by atoms with Crippen LogP contribution in [0, 0.1) is 13.8 Å². The molecular weight excluding hydrogens is 232 g/mol. The average molecular weight is 253 g/mol. The van der Waals surface area contributed by atoms with Crippen LogP contribution in [-0.2, 0) is 5.41 Å². The molecule has 3 heteroatoms. The highest BCUT2D eigenvalue weighted by Crippen LogP contribution is 2.35. The van der Waals surface area contributed by atoms with Crippen LogP contribution in [-0.4, -0.2) is 9.97 Å². The van der Waals surface area contributed by atoms with Gasteiger partial charge in [-0.3, -0.25) is 0 Å². The van der Waals surface area contributed by atoms with Gasteiger partial charge in [0.05, 0.1) is 5.69 Å². The zero-order chi connectivity index (χ0) is 11.9. The normalized spacial score (nSPS) is 23.8. The summed E-state index contributed by atoms with van der Waals surface area (Å²) >= 11 is 0. The van der Waals surface area contributed by atoms with Gasteiger partial charge in [-0.05, 0) is 41.0 Å². The van der Waals surface area contributed by atoms with Crippen LogP contribution in [0.2, 0.25) is 0 Å². The van der Waals surface area contributed by atoms with Crippen molar-refractivity contribution in [1.82, 2.24) is 9.97 Å². The number of aromatic nitrogens is 2. The Morgan fingerprint density at radius 1 is 1.24 bits per heavy atom. The smallest absolute Gasteiger partial charge is 0.116 e. The fourth-order valence-corrected chi connectivity index (χ4v) is 2.58. The average Bonchev–Trinajstić information content (AvgIpc) is 2.45. The van der Waals surface area contributed by atoms with Gasteiger partial charge >= 0.3 is 0 Å². The minimum atomic E-state index is 0. The molecule has 0 saturated heterocycles. The van der Waals surface area contributed by atoms with E-state index in [1.165, 1.54) is 16.8 Å². The summed E-state index contributed by atoms with van der Waals surface area (Å²) in [4.78, 5) is 8.06. The van der Waals surface area contributed by atoms with Crippen LogP contribution >= 0.6 is 12.4 Å². The molecule has 1 unspecified atom stereocenters. The molecule has 2 rings (SSSR count). The zero-order valence-electron chi connectivity index (χ0n) is 11.2. The lowest BCUT2D eigenvalue weighted by Gasteiger charge is -2.28. The van der Waals surface area contributed by atoms with Crippen LogP contribution in [0.25, 0.3) is 0 Å². The second-order valence-corrected chi connectivity index (χ2v) is 5.27. The van der Waals surface area contributed by atoms with Gasteiger partial charge in [-0.2, -0.15) is 0 Å². The van der Waals surface area contributed by atoms with Crippen molar-refractivity contribution in [3.63, 3.8) is 0 Å². The number of rotatable bonds is 1. The van der Waals surface area contributed by atoms with E-state index < -0.39 is 0 Å². The van der Waals surface area contributed by atoms with Gasteiger partial charge in [0.2, 0.25) is 0 Å². The second-order valence-electron chi connectivity index (χ2n) is 5.27. The first kappa shape index (κ1) is 14.0. The molecule has 0 saturated carbocycles. The van der Waals surface area contributed by atoms with Crippen molar-refractivity contribution in [2.24, 2.45) is 0 Å². The molecule has 94 valence electrons. The van der Waals surface area contributed by atoms with E-state index in [0.717, 1.165) is 17.9 Å². The molecule has 0 aliphatic heterocycles. The lowest BCUT2D eigenvalue weighted by atomic mass is 9.78. The summed E-state index contributed by atoms with van der Waals surface area (Å²) in [6.45, 7) is 10.7. The predicted octanol–water partition coefficient (Wildman–Crippen LogP) is 4.00. The Bertz CT molecular complexity index is 463. The first-order chi connectivity index (χ1) is 7.40. The van der Waals surface area contributed by atoms with Crippen molar-refractivity contribution >= 4 is 12.4 Å². The first-order valence-corrected chi connectivity index (χ1v) is 5.81. The number of allylic oxidation sites excluding steroid dienone is 4. The van der Waals surface area contributed by atoms with E-state index >= 15 is 0 Å². The molecule has 1 aliphatic carbocycles. The summed E-state index contributed by atoms with van der Waals surface area (Å²) in [5.74, 6) is 1.09. The third-order valence-electron chi connectivity index (χ3n) is 3.34. The topological polar surface area (TPSA) is 28.7 Å². The maximum absolute atomic E-state index is 4.65. The van der Waals surface area contributed by atoms with Crippen LogP contribution in [0.4, 0.5) is 0 Å². The number of imidazole rings is 1. The highest BCUT2D eigenvalue weighted by atomic mass is 35.5. The Hall–Kier alpha value is -1.02. The van der Waals surface area contributed by atoms with Crippen LogP contribution in [0.5, 0.6) is 0 Å². The van der Waals surface area contributed by atoms with Crippen molar-refractivity contribution in [3.8, 4) is 0 Å². The molecule has 1 heterocycles. The van der Waals surface area contributed by atoms with Gasteiger partial charge in [-0.1, -0.05) is 23.3 Å². The van der Waals surface area contributed by atoms with E-state index in [0.29, 0.717) is 0 Å². The number of halogens is 1. The minimum Gasteiger partial charge on any atom is -0.345 e. The van der Waals surface area contributed by atoms with Gasteiger partial charge in [0, 0.05) is 11.1 Å². The summed E-state index contributed by atoms with van der Waals surface area (Å²) in [5, 5.41) is 0. The Labute approximate surface area is 110 Å². The molecule has 1 aliphatic rings. The van der Waals surface area contributed by atoms with Crippen molar-refractivity contribution < 1.29 is 0 Å². The van der Waals surface area contributed by atoms with Crippen molar-refractivity contribution in [2.45, 2.75) is 46.5 Å². The van der Waals surface area contributed by atoms with Crippen LogP contribution in [0.1, 0.15) is 44.4 Å². The Morgan fingerprint density at radius 2 is 1.88 bits per heavy atom. The number of hydrogen-bond donors (Lipinski definition) is 1. The van der Waals surface area contributed by atoms with E-state index in [9.17, 15) is 0 Å². The van der Waals surface area contributed by atoms with Gasteiger partial charge in [-0.25, -0.2) is 4.98 Å². The van der Waals surface area contributed by atoms with E-state index in [-0.39, 0.29) is 17.8 Å². The Kier molecular flexibility index (Phi) is 3.88. The summed E-state index contributed by atoms with van der Waals surface area (Å²) in [7, 11) is 0. The SMILES string of the molecule is CC1=CC(C)(c2nc(C)c(C)[nH]2)CC(C)=C1.Cl. The third kappa shape index (κ3) is 2.63. The largest absolute Gasteiger partial charge is 0.345 e. The van der Waals surface area contributed by atoms with Gasteiger partial charge in [-0.15, -0.1) is 12.4 Å². The summed E-state index contributed by atoms with van der Waals surface area (Å²) in [6, 6.07) is 0. The summed E-state index contributed by atoms with van der Waals surface area (Å²) in [6.07, 6.45) is 5.62. The van der Waals surface area contributed by atoms with Gasteiger partial charge < -0.3 is 4.98 Å². The quantitative estimate of drug-likeness (QED) is 0.804.